The van der Waals surface area contributed by atoms with Gasteiger partial charge in [-0.3, -0.25) is 20.7 Å². The summed E-state index contributed by atoms with van der Waals surface area (Å²) in [4.78, 5) is 9.45. The van der Waals surface area contributed by atoms with Crippen molar-refractivity contribution in [2.24, 2.45) is 10.1 Å². The molecule has 2 aromatic carbocycles. The van der Waals surface area contributed by atoms with Gasteiger partial charge in [0, 0.05) is 39.6 Å². The number of nitrogens with one attached hydrogen (secondary N) is 2. The van der Waals surface area contributed by atoms with Gasteiger partial charge in [-0.15, -0.1) is 0 Å². The van der Waals surface area contributed by atoms with E-state index in [0.29, 0.717) is 23.8 Å². The molecule has 0 saturated heterocycles. The number of aliphatic imine (C=N–C) groups is 1. The number of fused-ring (bicyclic) bond motifs is 1. The highest BCUT2D eigenvalue weighted by atomic mass is 35.5. The quantitative estimate of drug-likeness (QED) is 0.124. The first-order chi connectivity index (χ1) is 14.9. The fraction of sp³-hybridized carbons (Fsp3) is 0.261. The molecule has 8 heteroatoms. The van der Waals surface area contributed by atoms with E-state index in [0.717, 1.165) is 40.9 Å². The molecular weight excluding hydrogens is 410 g/mol. The molecular formula is C23H20ClN7. The van der Waals surface area contributed by atoms with Crippen molar-refractivity contribution in [1.29, 1.82) is 10.8 Å². The van der Waals surface area contributed by atoms with Gasteiger partial charge < -0.3 is 0 Å². The van der Waals surface area contributed by atoms with Crippen molar-refractivity contribution in [1.82, 2.24) is 0 Å². The molecule has 0 atom stereocenters. The van der Waals surface area contributed by atoms with E-state index in [2.05, 4.69) is 21.9 Å². The second-order valence-electron chi connectivity index (χ2n) is 7.51. The second kappa shape index (κ2) is 8.27. The lowest BCUT2D eigenvalue weighted by atomic mass is 9.98. The third kappa shape index (κ3) is 4.04. The van der Waals surface area contributed by atoms with E-state index in [1.165, 1.54) is 0 Å². The number of benzene rings is 2. The van der Waals surface area contributed by atoms with Crippen molar-refractivity contribution in [3.05, 3.63) is 74.6 Å². The fourth-order valence-corrected chi connectivity index (χ4v) is 3.74. The van der Waals surface area contributed by atoms with Crippen molar-refractivity contribution >= 4 is 34.7 Å². The molecule has 154 valence electrons. The highest BCUT2D eigenvalue weighted by Gasteiger charge is 2.52. The Bertz CT molecular complexity index is 1210. The van der Waals surface area contributed by atoms with Gasteiger partial charge in [-0.1, -0.05) is 40.7 Å². The molecule has 0 unspecified atom stereocenters. The summed E-state index contributed by atoms with van der Waals surface area (Å²) in [6.45, 7) is 2.01. The zero-order chi connectivity index (χ0) is 22.0. The normalized spacial score (nSPS) is 15.7. The lowest BCUT2D eigenvalue weighted by molar-refractivity contribution is 0.888. The number of amidine groups is 2. The van der Waals surface area contributed by atoms with Crippen LogP contribution >= 0.6 is 11.6 Å². The molecule has 0 radical (unpaired) electrons. The van der Waals surface area contributed by atoms with Crippen LogP contribution in [0.1, 0.15) is 42.9 Å². The highest BCUT2D eigenvalue weighted by Crippen LogP contribution is 2.46. The number of rotatable bonds is 3. The summed E-state index contributed by atoms with van der Waals surface area (Å²) in [5, 5.41) is 21.3. The molecule has 0 aromatic heterocycles. The Balaban J connectivity index is 1.87. The molecule has 1 saturated carbocycles. The van der Waals surface area contributed by atoms with Crippen LogP contribution in [-0.2, 0) is 0 Å². The van der Waals surface area contributed by atoms with Crippen LogP contribution in [0.4, 0.5) is 5.69 Å². The largest absolute Gasteiger partial charge is 0.288 e. The Morgan fingerprint density at radius 1 is 1.29 bits per heavy atom. The third-order valence-electron chi connectivity index (χ3n) is 5.29. The predicted octanol–water partition coefficient (Wildman–Crippen LogP) is 5.56. The lowest BCUT2D eigenvalue weighted by Gasteiger charge is -2.26. The molecule has 0 amide bonds. The first-order valence-corrected chi connectivity index (χ1v) is 10.3. The summed E-state index contributed by atoms with van der Waals surface area (Å²) in [6.07, 6.45) is 2.04. The number of anilines is 1. The van der Waals surface area contributed by atoms with Gasteiger partial charge in [-0.05, 0) is 55.6 Å². The predicted molar refractivity (Wildman–Crippen MR) is 125 cm³/mol. The molecule has 0 bridgehead atoms. The Kier molecular flexibility index (Phi) is 5.51. The Morgan fingerprint density at radius 2 is 2.03 bits per heavy atom. The number of hydrogen-bond acceptors (Lipinski definition) is 4. The van der Waals surface area contributed by atoms with E-state index in [1.807, 2.05) is 42.5 Å². The summed E-state index contributed by atoms with van der Waals surface area (Å²) in [6, 6.07) is 13.2. The van der Waals surface area contributed by atoms with E-state index in [9.17, 15) is 0 Å². The molecule has 1 spiro atoms. The average molecular weight is 430 g/mol. The van der Waals surface area contributed by atoms with E-state index in [-0.39, 0.29) is 5.84 Å². The third-order valence-corrected chi connectivity index (χ3v) is 5.54. The monoisotopic (exact) mass is 429 g/mol. The number of halogens is 1. The van der Waals surface area contributed by atoms with Crippen LogP contribution in [0.25, 0.3) is 10.4 Å². The summed E-state index contributed by atoms with van der Waals surface area (Å²) >= 11 is 6.10. The molecule has 1 fully saturated rings. The van der Waals surface area contributed by atoms with E-state index in [1.54, 1.807) is 11.8 Å². The SMILES string of the molecule is CC(=N)N1C(=N)C2(CC2)N=C(c2ccc(Cl)cc2)c2cc(C#CCCN=[N+]=[N-])ccc21. The smallest absolute Gasteiger partial charge is 0.134 e. The molecule has 1 aliphatic heterocycles. The topological polar surface area (TPSA) is 112 Å². The first kappa shape index (κ1) is 20.7. The molecule has 7 nitrogen and oxygen atoms in total. The molecule has 2 aliphatic rings. The van der Waals surface area contributed by atoms with Crippen molar-refractivity contribution in [2.45, 2.75) is 31.7 Å². The maximum absolute atomic E-state index is 8.82. The van der Waals surface area contributed by atoms with Crippen LogP contribution in [-0.4, -0.2) is 29.5 Å². The van der Waals surface area contributed by atoms with Crippen LogP contribution in [0, 0.1) is 22.7 Å². The van der Waals surface area contributed by atoms with E-state index >= 15 is 0 Å². The lowest BCUT2D eigenvalue weighted by Crippen LogP contribution is -2.41. The van der Waals surface area contributed by atoms with Crippen LogP contribution < -0.4 is 4.90 Å². The summed E-state index contributed by atoms with van der Waals surface area (Å²) in [5.74, 6) is 6.74. The van der Waals surface area contributed by atoms with Gasteiger partial charge in [-0.25, -0.2) is 0 Å². The molecule has 1 aliphatic carbocycles. The molecule has 2 N–H and O–H groups in total. The zero-order valence-corrected chi connectivity index (χ0v) is 17.7. The summed E-state index contributed by atoms with van der Waals surface area (Å²) < 4.78 is 0. The Morgan fingerprint density at radius 3 is 2.68 bits per heavy atom. The molecule has 2 aromatic rings. The average Bonchev–Trinajstić information content (AvgIpc) is 3.55. The van der Waals surface area contributed by atoms with Gasteiger partial charge in [-0.2, -0.15) is 0 Å². The molecule has 4 rings (SSSR count). The Labute approximate surface area is 185 Å². The minimum absolute atomic E-state index is 0.276. The summed E-state index contributed by atoms with van der Waals surface area (Å²) in [5.41, 5.74) is 11.8. The Hall–Kier alpha value is -3.59. The zero-order valence-electron chi connectivity index (χ0n) is 17.0. The number of nitrogens with zero attached hydrogens (tertiary/aromatic N) is 5. The minimum atomic E-state index is -0.600. The molecule has 1 heterocycles. The van der Waals surface area contributed by atoms with Gasteiger partial charge in [0.25, 0.3) is 0 Å². The number of hydrogen-bond donors (Lipinski definition) is 2. The van der Waals surface area contributed by atoms with E-state index in [4.69, 9.17) is 32.9 Å². The van der Waals surface area contributed by atoms with Gasteiger partial charge in [0.1, 0.15) is 17.2 Å². The van der Waals surface area contributed by atoms with Gasteiger partial charge in [0.05, 0.1) is 11.4 Å². The standard InChI is InChI=1S/C23H20ClN7/c1-15(25)31-20-10-5-16(4-2-3-13-28-30-27)14-19(20)21(17-6-8-18(24)9-7-17)29-23(11-12-23)22(31)26/h5-10,14,25-26H,3,11-13H2,1H3. The van der Waals surface area contributed by atoms with Gasteiger partial charge in [0.15, 0.2) is 0 Å². The van der Waals surface area contributed by atoms with Crippen LogP contribution in [0.2, 0.25) is 5.02 Å². The van der Waals surface area contributed by atoms with Crippen molar-refractivity contribution < 1.29 is 0 Å². The maximum Gasteiger partial charge on any atom is 0.134 e. The second-order valence-corrected chi connectivity index (χ2v) is 7.94. The van der Waals surface area contributed by atoms with Gasteiger partial charge in [0.2, 0.25) is 0 Å². The fourth-order valence-electron chi connectivity index (χ4n) is 3.61. The molecule has 31 heavy (non-hydrogen) atoms. The minimum Gasteiger partial charge on any atom is -0.288 e. The van der Waals surface area contributed by atoms with Crippen LogP contribution in [0.5, 0.6) is 0 Å². The van der Waals surface area contributed by atoms with Gasteiger partial charge >= 0.3 is 0 Å². The first-order valence-electron chi connectivity index (χ1n) is 9.89. The highest BCUT2D eigenvalue weighted by molar-refractivity contribution is 6.31. The van der Waals surface area contributed by atoms with Crippen LogP contribution in [0.15, 0.2) is 52.6 Å². The summed E-state index contributed by atoms with van der Waals surface area (Å²) in [7, 11) is 0. The van der Waals surface area contributed by atoms with Crippen molar-refractivity contribution in [3.63, 3.8) is 0 Å². The van der Waals surface area contributed by atoms with Crippen LogP contribution in [0.3, 0.4) is 0 Å². The van der Waals surface area contributed by atoms with Crippen molar-refractivity contribution in [2.75, 3.05) is 11.4 Å². The maximum atomic E-state index is 8.82. The number of azide groups is 1. The van der Waals surface area contributed by atoms with Crippen molar-refractivity contribution in [3.8, 4) is 11.8 Å². The van der Waals surface area contributed by atoms with E-state index < -0.39 is 5.54 Å².